The van der Waals surface area contributed by atoms with Crippen LogP contribution in [0.1, 0.15) is 24.8 Å². The van der Waals surface area contributed by atoms with Crippen molar-refractivity contribution in [2.24, 2.45) is 7.05 Å². The molecule has 0 bridgehead atoms. The SMILES string of the molecule is C[C@H](CC(=O)N1CCN(c2cnn3cc(-c4cnn(C)c4)ccc23)CC1)c1ccc(Cl)cc1. The zero-order chi connectivity index (χ0) is 22.9. The van der Waals surface area contributed by atoms with Crippen molar-refractivity contribution >= 4 is 28.7 Å². The van der Waals surface area contributed by atoms with E-state index in [1.54, 1.807) is 4.68 Å². The van der Waals surface area contributed by atoms with Gasteiger partial charge >= 0.3 is 0 Å². The van der Waals surface area contributed by atoms with E-state index in [2.05, 4.69) is 34.2 Å². The van der Waals surface area contributed by atoms with Crippen LogP contribution in [-0.4, -0.2) is 56.4 Å². The second kappa shape index (κ2) is 8.90. The molecule has 1 saturated heterocycles. The minimum Gasteiger partial charge on any atom is -0.365 e. The summed E-state index contributed by atoms with van der Waals surface area (Å²) in [5.74, 6) is 0.375. The Hall–Kier alpha value is -3.32. The smallest absolute Gasteiger partial charge is 0.223 e. The number of aryl methyl sites for hydroxylation is 1. The Balaban J connectivity index is 1.22. The Labute approximate surface area is 198 Å². The van der Waals surface area contributed by atoms with Crippen LogP contribution in [0.4, 0.5) is 5.69 Å². The van der Waals surface area contributed by atoms with E-state index >= 15 is 0 Å². The number of hydrogen-bond acceptors (Lipinski definition) is 4. The van der Waals surface area contributed by atoms with Gasteiger partial charge in [0.05, 0.1) is 23.6 Å². The van der Waals surface area contributed by atoms with Crippen molar-refractivity contribution in [2.75, 3.05) is 31.1 Å². The number of pyridine rings is 1. The molecule has 8 heteroatoms. The number of aromatic nitrogens is 4. The summed E-state index contributed by atoms with van der Waals surface area (Å²) in [5.41, 5.74) is 5.46. The zero-order valence-corrected chi connectivity index (χ0v) is 19.6. The predicted octanol–water partition coefficient (Wildman–Crippen LogP) is 4.23. The summed E-state index contributed by atoms with van der Waals surface area (Å²) in [6.45, 7) is 5.13. The van der Waals surface area contributed by atoms with Gasteiger partial charge in [-0.05, 0) is 29.7 Å². The summed E-state index contributed by atoms with van der Waals surface area (Å²) in [6, 6.07) is 12.0. The number of fused-ring (bicyclic) bond motifs is 1. The van der Waals surface area contributed by atoms with Crippen LogP contribution in [0.5, 0.6) is 0 Å². The highest BCUT2D eigenvalue weighted by molar-refractivity contribution is 6.30. The van der Waals surface area contributed by atoms with Gasteiger partial charge in [-0.25, -0.2) is 4.52 Å². The molecule has 0 N–H and O–H groups in total. The molecule has 7 nitrogen and oxygen atoms in total. The number of halogens is 1. The first-order valence-corrected chi connectivity index (χ1v) is 11.6. The first-order chi connectivity index (χ1) is 16.0. The van der Waals surface area contributed by atoms with E-state index < -0.39 is 0 Å². The third kappa shape index (κ3) is 4.46. The van der Waals surface area contributed by atoms with Crippen molar-refractivity contribution in [3.05, 3.63) is 71.8 Å². The highest BCUT2D eigenvalue weighted by Gasteiger charge is 2.24. The molecule has 5 rings (SSSR count). The summed E-state index contributed by atoms with van der Waals surface area (Å²) in [5, 5.41) is 9.55. The van der Waals surface area contributed by atoms with Crippen LogP contribution in [0.2, 0.25) is 5.02 Å². The predicted molar refractivity (Wildman–Crippen MR) is 131 cm³/mol. The molecule has 170 valence electrons. The molecule has 3 aromatic heterocycles. The van der Waals surface area contributed by atoms with Gasteiger partial charge in [0.25, 0.3) is 0 Å². The van der Waals surface area contributed by atoms with Crippen molar-refractivity contribution in [2.45, 2.75) is 19.3 Å². The fraction of sp³-hybridized carbons (Fsp3) is 0.320. The third-order valence-electron chi connectivity index (χ3n) is 6.43. The lowest BCUT2D eigenvalue weighted by atomic mass is 9.97. The monoisotopic (exact) mass is 462 g/mol. The minimum atomic E-state index is 0.168. The van der Waals surface area contributed by atoms with E-state index in [4.69, 9.17) is 11.6 Å². The Morgan fingerprint density at radius 2 is 1.73 bits per heavy atom. The molecule has 1 aliphatic rings. The van der Waals surface area contributed by atoms with Crippen LogP contribution in [-0.2, 0) is 11.8 Å². The van der Waals surface area contributed by atoms with E-state index in [9.17, 15) is 4.79 Å². The topological polar surface area (TPSA) is 58.7 Å². The average Bonchev–Trinajstić information content (AvgIpc) is 3.45. The molecule has 1 atom stereocenters. The maximum absolute atomic E-state index is 12.9. The minimum absolute atomic E-state index is 0.168. The van der Waals surface area contributed by atoms with Gasteiger partial charge in [0.15, 0.2) is 0 Å². The maximum atomic E-state index is 12.9. The van der Waals surface area contributed by atoms with Gasteiger partial charge < -0.3 is 9.80 Å². The number of hydrogen-bond donors (Lipinski definition) is 0. The largest absolute Gasteiger partial charge is 0.365 e. The van der Waals surface area contributed by atoms with Gasteiger partial charge in [-0.1, -0.05) is 36.7 Å². The lowest BCUT2D eigenvalue weighted by Gasteiger charge is -2.36. The van der Waals surface area contributed by atoms with Crippen molar-refractivity contribution in [1.29, 1.82) is 0 Å². The van der Waals surface area contributed by atoms with Gasteiger partial charge in [0.2, 0.25) is 5.91 Å². The molecule has 4 heterocycles. The molecule has 1 amide bonds. The van der Waals surface area contributed by atoms with E-state index in [0.717, 1.165) is 59.1 Å². The number of benzene rings is 1. The molecule has 0 aliphatic carbocycles. The number of carbonyl (C=O) groups excluding carboxylic acids is 1. The molecule has 1 fully saturated rings. The Morgan fingerprint density at radius 3 is 2.42 bits per heavy atom. The van der Waals surface area contributed by atoms with Crippen LogP contribution in [0.15, 0.2) is 61.2 Å². The molecule has 33 heavy (non-hydrogen) atoms. The van der Waals surface area contributed by atoms with E-state index in [-0.39, 0.29) is 11.8 Å². The van der Waals surface area contributed by atoms with Crippen molar-refractivity contribution in [3.8, 4) is 11.1 Å². The fourth-order valence-electron chi connectivity index (χ4n) is 4.45. The first kappa shape index (κ1) is 21.5. The van der Waals surface area contributed by atoms with Gasteiger partial charge in [-0.15, -0.1) is 0 Å². The van der Waals surface area contributed by atoms with Crippen LogP contribution in [0.25, 0.3) is 16.6 Å². The zero-order valence-electron chi connectivity index (χ0n) is 18.9. The standard InChI is InChI=1S/C25H27ClN6O/c1-18(19-3-6-22(26)7-4-19)13-25(33)31-11-9-30(10-12-31)24-15-28-32-17-20(5-8-23(24)32)21-14-27-29(2)16-21/h3-8,14-18H,9-13H2,1-2H3/t18-/m1/s1. The molecular weight excluding hydrogens is 436 g/mol. The molecule has 0 saturated carbocycles. The number of amides is 1. The number of piperazine rings is 1. The number of rotatable bonds is 5. The Bertz CT molecular complexity index is 1270. The molecule has 1 aromatic carbocycles. The summed E-state index contributed by atoms with van der Waals surface area (Å²) in [6.07, 6.45) is 8.32. The van der Waals surface area contributed by atoms with Crippen LogP contribution < -0.4 is 4.90 Å². The quantitative estimate of drug-likeness (QED) is 0.445. The van der Waals surface area contributed by atoms with Gasteiger partial charge in [0, 0.05) is 68.2 Å². The summed E-state index contributed by atoms with van der Waals surface area (Å²) in [7, 11) is 1.91. The van der Waals surface area contributed by atoms with Crippen molar-refractivity contribution in [1.82, 2.24) is 24.3 Å². The Kier molecular flexibility index (Phi) is 5.81. The molecule has 0 radical (unpaired) electrons. The molecule has 1 aliphatic heterocycles. The average molecular weight is 463 g/mol. The van der Waals surface area contributed by atoms with E-state index in [1.807, 2.05) is 65.5 Å². The number of anilines is 1. The summed E-state index contributed by atoms with van der Waals surface area (Å²) >= 11 is 5.98. The molecule has 0 spiro atoms. The normalized spacial score (nSPS) is 15.2. The van der Waals surface area contributed by atoms with E-state index in [0.29, 0.717) is 6.42 Å². The summed E-state index contributed by atoms with van der Waals surface area (Å²) < 4.78 is 3.72. The summed E-state index contributed by atoms with van der Waals surface area (Å²) in [4.78, 5) is 17.2. The third-order valence-corrected chi connectivity index (χ3v) is 6.68. The molecule has 4 aromatic rings. The molecule has 0 unspecified atom stereocenters. The fourth-order valence-corrected chi connectivity index (χ4v) is 4.58. The molecular formula is C25H27ClN6O. The van der Waals surface area contributed by atoms with Gasteiger partial charge in [0.1, 0.15) is 0 Å². The van der Waals surface area contributed by atoms with Gasteiger partial charge in [-0.3, -0.25) is 9.48 Å². The highest BCUT2D eigenvalue weighted by atomic mass is 35.5. The van der Waals surface area contributed by atoms with E-state index in [1.165, 1.54) is 0 Å². The second-order valence-corrected chi connectivity index (χ2v) is 9.14. The van der Waals surface area contributed by atoms with Gasteiger partial charge in [-0.2, -0.15) is 10.2 Å². The highest BCUT2D eigenvalue weighted by Crippen LogP contribution is 2.27. The Morgan fingerprint density at radius 1 is 0.970 bits per heavy atom. The number of carbonyl (C=O) groups is 1. The van der Waals surface area contributed by atoms with Crippen LogP contribution >= 0.6 is 11.6 Å². The maximum Gasteiger partial charge on any atom is 0.223 e. The number of nitrogens with zero attached hydrogens (tertiary/aromatic N) is 6. The van der Waals surface area contributed by atoms with Crippen LogP contribution in [0.3, 0.4) is 0 Å². The van der Waals surface area contributed by atoms with Crippen molar-refractivity contribution in [3.63, 3.8) is 0 Å². The van der Waals surface area contributed by atoms with Crippen LogP contribution in [0, 0.1) is 0 Å². The first-order valence-electron chi connectivity index (χ1n) is 11.2. The lowest BCUT2D eigenvalue weighted by molar-refractivity contribution is -0.131. The lowest BCUT2D eigenvalue weighted by Crippen LogP contribution is -2.49. The van der Waals surface area contributed by atoms with Crippen molar-refractivity contribution < 1.29 is 4.79 Å². The second-order valence-electron chi connectivity index (χ2n) is 8.70.